The quantitative estimate of drug-likeness (QED) is 0.638. The van der Waals surface area contributed by atoms with Crippen LogP contribution in [0.15, 0.2) is 48.9 Å². The molecule has 1 amide bonds. The summed E-state index contributed by atoms with van der Waals surface area (Å²) in [5, 5.41) is 9.10. The number of carbonyl (C=O) groups excluding carboxylic acids is 1. The van der Waals surface area contributed by atoms with Crippen molar-refractivity contribution in [1.82, 2.24) is 24.5 Å². The van der Waals surface area contributed by atoms with Gasteiger partial charge in [-0.25, -0.2) is 4.68 Å². The van der Waals surface area contributed by atoms with E-state index in [0.717, 1.165) is 12.1 Å². The Labute approximate surface area is 156 Å². The Balaban J connectivity index is 1.58. The van der Waals surface area contributed by atoms with Crippen molar-refractivity contribution in [3.63, 3.8) is 0 Å². The molecule has 3 aromatic rings. The lowest BCUT2D eigenvalue weighted by Gasteiger charge is -2.14. The third-order valence-electron chi connectivity index (χ3n) is 3.80. The zero-order chi connectivity index (χ0) is 18.5. The lowest BCUT2D eigenvalue weighted by molar-refractivity contribution is 0.0777. The van der Waals surface area contributed by atoms with Crippen LogP contribution < -0.4 is 4.74 Å². The number of hydrogen-bond acceptors (Lipinski definition) is 4. The second kappa shape index (κ2) is 8.05. The predicted octanol–water partition coefficient (Wildman–Crippen LogP) is 3.06. The molecule has 3 rings (SSSR count). The number of halogens is 1. The summed E-state index contributed by atoms with van der Waals surface area (Å²) in [6.07, 6.45) is 5.41. The fraction of sp³-hybridized carbons (Fsp3) is 0.278. The van der Waals surface area contributed by atoms with E-state index in [-0.39, 0.29) is 12.6 Å². The van der Waals surface area contributed by atoms with E-state index in [1.807, 2.05) is 29.9 Å². The predicted molar refractivity (Wildman–Crippen MR) is 98.0 cm³/mol. The highest BCUT2D eigenvalue weighted by molar-refractivity contribution is 6.30. The second-order valence-corrected chi connectivity index (χ2v) is 6.27. The van der Waals surface area contributed by atoms with Crippen molar-refractivity contribution >= 4 is 17.5 Å². The van der Waals surface area contributed by atoms with Gasteiger partial charge in [-0.1, -0.05) is 17.7 Å². The van der Waals surface area contributed by atoms with Crippen LogP contribution in [0.4, 0.5) is 0 Å². The molecule has 0 aliphatic heterocycles. The Bertz CT molecular complexity index is 889. The van der Waals surface area contributed by atoms with Crippen LogP contribution in [0, 0.1) is 0 Å². The molecule has 0 spiro atoms. The van der Waals surface area contributed by atoms with Crippen LogP contribution in [0.1, 0.15) is 23.0 Å². The molecule has 0 atom stereocenters. The molecule has 0 fully saturated rings. The molecule has 0 radical (unpaired) electrons. The first-order valence-corrected chi connectivity index (χ1v) is 8.61. The van der Waals surface area contributed by atoms with Gasteiger partial charge < -0.3 is 9.64 Å². The highest BCUT2D eigenvalue weighted by Crippen LogP contribution is 2.17. The van der Waals surface area contributed by atoms with Crippen molar-refractivity contribution < 1.29 is 9.53 Å². The van der Waals surface area contributed by atoms with Crippen LogP contribution >= 0.6 is 11.6 Å². The summed E-state index contributed by atoms with van der Waals surface area (Å²) in [7, 11) is 1.74. The summed E-state index contributed by atoms with van der Waals surface area (Å²) < 4.78 is 9.01. The van der Waals surface area contributed by atoms with E-state index >= 15 is 0 Å². The minimum atomic E-state index is -0.157. The van der Waals surface area contributed by atoms with Gasteiger partial charge in [0.25, 0.3) is 5.91 Å². The monoisotopic (exact) mass is 373 g/mol. The Morgan fingerprint density at radius 1 is 1.31 bits per heavy atom. The number of benzene rings is 1. The molecular formula is C18H20ClN5O2. The van der Waals surface area contributed by atoms with Crippen molar-refractivity contribution in [2.24, 2.45) is 0 Å². The minimum absolute atomic E-state index is 0.157. The first kappa shape index (κ1) is 18.0. The number of nitrogens with zero attached hydrogens (tertiary/aromatic N) is 5. The van der Waals surface area contributed by atoms with Crippen molar-refractivity contribution in [3.8, 4) is 5.75 Å². The van der Waals surface area contributed by atoms with Gasteiger partial charge >= 0.3 is 0 Å². The molecule has 2 aromatic heterocycles. The number of carbonyl (C=O) groups is 1. The van der Waals surface area contributed by atoms with E-state index < -0.39 is 0 Å². The molecule has 0 aliphatic carbocycles. The molecule has 0 bridgehead atoms. The Morgan fingerprint density at radius 3 is 2.88 bits per heavy atom. The maximum Gasteiger partial charge on any atom is 0.274 e. The molecule has 136 valence electrons. The maximum absolute atomic E-state index is 12.5. The second-order valence-electron chi connectivity index (χ2n) is 5.84. The number of hydrogen-bond donors (Lipinski definition) is 0. The molecule has 7 nitrogen and oxygen atoms in total. The Kier molecular flexibility index (Phi) is 5.58. The largest absolute Gasteiger partial charge is 0.471 e. The number of ether oxygens (including phenoxy) is 1. The number of aryl methyl sites for hydroxylation is 1. The maximum atomic E-state index is 12.5. The summed E-state index contributed by atoms with van der Waals surface area (Å²) in [6, 6.07) is 8.80. The highest BCUT2D eigenvalue weighted by Gasteiger charge is 2.16. The van der Waals surface area contributed by atoms with Gasteiger partial charge in [-0.15, -0.1) is 0 Å². The third kappa shape index (κ3) is 4.43. The summed E-state index contributed by atoms with van der Waals surface area (Å²) >= 11 is 5.93. The normalized spacial score (nSPS) is 10.7. The molecule has 2 heterocycles. The third-order valence-corrected chi connectivity index (χ3v) is 4.03. The molecular weight excluding hydrogens is 354 g/mol. The first-order chi connectivity index (χ1) is 12.5. The van der Waals surface area contributed by atoms with Gasteiger partial charge in [-0.05, 0) is 31.2 Å². The zero-order valence-corrected chi connectivity index (χ0v) is 15.4. The standard InChI is InChI=1S/C18H20ClN5O2/c1-3-23-12-14(10-20-23)11-22(2)18(25)17-7-8-24(21-17)13-26-16-6-4-5-15(19)9-16/h4-10,12H,3,11,13H2,1-2H3. The summed E-state index contributed by atoms with van der Waals surface area (Å²) in [5.41, 5.74) is 1.34. The van der Waals surface area contributed by atoms with Crippen LogP contribution in [-0.2, 0) is 19.8 Å². The molecule has 0 unspecified atom stereocenters. The van der Waals surface area contributed by atoms with Gasteiger partial charge in [-0.2, -0.15) is 10.2 Å². The number of amides is 1. The molecule has 0 saturated heterocycles. The van der Waals surface area contributed by atoms with Gasteiger partial charge in [0.15, 0.2) is 12.4 Å². The lowest BCUT2D eigenvalue weighted by Crippen LogP contribution is -2.26. The minimum Gasteiger partial charge on any atom is -0.471 e. The summed E-state index contributed by atoms with van der Waals surface area (Å²) in [4.78, 5) is 14.1. The number of aromatic nitrogens is 4. The van der Waals surface area contributed by atoms with Gasteiger partial charge in [0.1, 0.15) is 5.75 Å². The van der Waals surface area contributed by atoms with E-state index in [9.17, 15) is 4.79 Å². The van der Waals surface area contributed by atoms with Crippen molar-refractivity contribution in [3.05, 3.63) is 65.2 Å². The molecule has 0 N–H and O–H groups in total. The van der Waals surface area contributed by atoms with Gasteiger partial charge in [0.05, 0.1) is 6.20 Å². The van der Waals surface area contributed by atoms with Crippen LogP contribution in [-0.4, -0.2) is 37.4 Å². The number of rotatable bonds is 7. The molecule has 1 aromatic carbocycles. The van der Waals surface area contributed by atoms with Crippen molar-refractivity contribution in [2.75, 3.05) is 7.05 Å². The van der Waals surface area contributed by atoms with Crippen LogP contribution in [0.5, 0.6) is 5.75 Å². The van der Waals surface area contributed by atoms with Crippen molar-refractivity contribution in [2.45, 2.75) is 26.7 Å². The molecule has 8 heteroatoms. The Morgan fingerprint density at radius 2 is 2.15 bits per heavy atom. The smallest absolute Gasteiger partial charge is 0.274 e. The average molecular weight is 374 g/mol. The Hall–Kier alpha value is -2.80. The SMILES string of the molecule is CCn1cc(CN(C)C(=O)c2ccn(COc3cccc(Cl)c3)n2)cn1. The fourth-order valence-electron chi connectivity index (χ4n) is 2.45. The molecule has 0 aliphatic rings. The van der Waals surface area contributed by atoms with E-state index in [2.05, 4.69) is 10.2 Å². The average Bonchev–Trinajstić information content (AvgIpc) is 3.28. The van der Waals surface area contributed by atoms with E-state index in [1.165, 1.54) is 0 Å². The topological polar surface area (TPSA) is 65.2 Å². The zero-order valence-electron chi connectivity index (χ0n) is 14.7. The summed E-state index contributed by atoms with van der Waals surface area (Å²) in [6.45, 7) is 3.49. The van der Waals surface area contributed by atoms with E-state index in [1.54, 1.807) is 47.2 Å². The van der Waals surface area contributed by atoms with E-state index in [4.69, 9.17) is 16.3 Å². The van der Waals surface area contributed by atoms with E-state index in [0.29, 0.717) is 23.0 Å². The fourth-order valence-corrected chi connectivity index (χ4v) is 2.63. The summed E-state index contributed by atoms with van der Waals surface area (Å²) in [5.74, 6) is 0.488. The van der Waals surface area contributed by atoms with Crippen LogP contribution in [0.25, 0.3) is 0 Å². The molecule has 26 heavy (non-hydrogen) atoms. The van der Waals surface area contributed by atoms with Gasteiger partial charge in [0, 0.05) is 43.1 Å². The highest BCUT2D eigenvalue weighted by atomic mass is 35.5. The van der Waals surface area contributed by atoms with Crippen LogP contribution in [0.2, 0.25) is 5.02 Å². The van der Waals surface area contributed by atoms with Gasteiger partial charge in [0.2, 0.25) is 0 Å². The molecule has 0 saturated carbocycles. The van der Waals surface area contributed by atoms with Crippen LogP contribution in [0.3, 0.4) is 0 Å². The van der Waals surface area contributed by atoms with Crippen molar-refractivity contribution in [1.29, 1.82) is 0 Å². The van der Waals surface area contributed by atoms with Gasteiger partial charge in [-0.3, -0.25) is 9.48 Å². The first-order valence-electron chi connectivity index (χ1n) is 8.23. The lowest BCUT2D eigenvalue weighted by atomic mass is 10.3.